The molecule has 0 saturated carbocycles. The Morgan fingerprint density at radius 3 is 2.03 bits per heavy atom. The van der Waals surface area contributed by atoms with Crippen LogP contribution in [0.25, 0.3) is 0 Å². The Hall–Kier alpha value is -1.95. The van der Waals surface area contributed by atoms with Crippen molar-refractivity contribution in [3.05, 3.63) is 29.8 Å². The van der Waals surface area contributed by atoms with Gasteiger partial charge in [0, 0.05) is 12.5 Å². The third kappa shape index (κ3) is 12.8. The average Bonchev–Trinajstić information content (AvgIpc) is 2.77. The molecule has 5 nitrogen and oxygen atoms in total. The van der Waals surface area contributed by atoms with E-state index in [4.69, 9.17) is 12.2 Å². The van der Waals surface area contributed by atoms with Crippen molar-refractivity contribution in [2.75, 3.05) is 5.32 Å². The molecule has 1 atom stereocenters. The van der Waals surface area contributed by atoms with Crippen molar-refractivity contribution < 1.29 is 9.59 Å². The van der Waals surface area contributed by atoms with Crippen LogP contribution in [-0.4, -0.2) is 23.0 Å². The largest absolute Gasteiger partial charge is 0.350 e. The number of hydrogen-bond donors (Lipinski definition) is 3. The third-order valence-corrected chi connectivity index (χ3v) is 5.87. The highest BCUT2D eigenvalue weighted by molar-refractivity contribution is 7.80. The summed E-state index contributed by atoms with van der Waals surface area (Å²) in [6.07, 6.45) is 15.1. The predicted octanol–water partition coefficient (Wildman–Crippen LogP) is 6.73. The van der Waals surface area contributed by atoms with Crippen molar-refractivity contribution in [2.24, 2.45) is 0 Å². The SMILES string of the molecule is CCCCCCCCCCCCCC(=O)NC(=S)Nc1ccccc1C(=O)NC(C)CC. The van der Waals surface area contributed by atoms with E-state index in [0.717, 1.165) is 19.3 Å². The minimum absolute atomic E-state index is 0.0834. The van der Waals surface area contributed by atoms with E-state index in [-0.39, 0.29) is 23.0 Å². The van der Waals surface area contributed by atoms with Gasteiger partial charge in [-0.05, 0) is 44.1 Å². The maximum Gasteiger partial charge on any atom is 0.253 e. The zero-order valence-corrected chi connectivity index (χ0v) is 21.1. The zero-order chi connectivity index (χ0) is 23.6. The predicted molar refractivity (Wildman–Crippen MR) is 139 cm³/mol. The van der Waals surface area contributed by atoms with Crippen LogP contribution in [0.15, 0.2) is 24.3 Å². The van der Waals surface area contributed by atoms with Crippen molar-refractivity contribution in [2.45, 2.75) is 110 Å². The lowest BCUT2D eigenvalue weighted by Gasteiger charge is -2.15. The molecule has 6 heteroatoms. The number of anilines is 1. The first kappa shape index (κ1) is 28.1. The quantitative estimate of drug-likeness (QED) is 0.189. The summed E-state index contributed by atoms with van der Waals surface area (Å²) < 4.78 is 0. The van der Waals surface area contributed by atoms with Gasteiger partial charge in [0.1, 0.15) is 0 Å². The van der Waals surface area contributed by atoms with E-state index in [1.54, 1.807) is 12.1 Å². The molecule has 1 rings (SSSR count). The van der Waals surface area contributed by atoms with Crippen molar-refractivity contribution in [3.63, 3.8) is 0 Å². The van der Waals surface area contributed by atoms with E-state index in [1.165, 1.54) is 57.8 Å². The molecule has 0 fully saturated rings. The molecule has 0 aromatic heterocycles. The number of nitrogens with one attached hydrogen (secondary N) is 3. The maximum absolute atomic E-state index is 12.5. The van der Waals surface area contributed by atoms with Crippen LogP contribution in [0.5, 0.6) is 0 Å². The Labute approximate surface area is 200 Å². The number of thiocarbonyl (C=S) groups is 1. The Morgan fingerprint density at radius 2 is 1.44 bits per heavy atom. The number of benzene rings is 1. The molecule has 0 aliphatic carbocycles. The van der Waals surface area contributed by atoms with Crippen molar-refractivity contribution in [3.8, 4) is 0 Å². The Kier molecular flexibility index (Phi) is 15.4. The van der Waals surface area contributed by atoms with E-state index in [1.807, 2.05) is 26.0 Å². The van der Waals surface area contributed by atoms with Gasteiger partial charge < -0.3 is 16.0 Å². The number of unbranched alkanes of at least 4 members (excludes halogenated alkanes) is 10. The van der Waals surface area contributed by atoms with Crippen molar-refractivity contribution in [1.29, 1.82) is 0 Å². The molecular formula is C26H43N3O2S. The van der Waals surface area contributed by atoms with Gasteiger partial charge in [-0.2, -0.15) is 0 Å². The molecular weight excluding hydrogens is 418 g/mol. The molecule has 0 aliphatic rings. The fraction of sp³-hybridized carbons (Fsp3) is 0.654. The molecule has 0 heterocycles. The summed E-state index contributed by atoms with van der Waals surface area (Å²) in [5, 5.41) is 8.91. The third-order valence-electron chi connectivity index (χ3n) is 5.67. The summed E-state index contributed by atoms with van der Waals surface area (Å²) in [4.78, 5) is 24.7. The van der Waals surface area contributed by atoms with E-state index in [9.17, 15) is 9.59 Å². The lowest BCUT2D eigenvalue weighted by atomic mass is 10.1. The normalized spacial score (nSPS) is 11.6. The molecule has 0 saturated heterocycles. The van der Waals surface area contributed by atoms with Gasteiger partial charge in [0.05, 0.1) is 11.3 Å². The Morgan fingerprint density at radius 1 is 0.875 bits per heavy atom. The topological polar surface area (TPSA) is 70.2 Å². The molecule has 0 radical (unpaired) electrons. The lowest BCUT2D eigenvalue weighted by Crippen LogP contribution is -2.36. The van der Waals surface area contributed by atoms with E-state index >= 15 is 0 Å². The molecule has 3 N–H and O–H groups in total. The maximum atomic E-state index is 12.5. The second kappa shape index (κ2) is 17.6. The zero-order valence-electron chi connectivity index (χ0n) is 20.3. The van der Waals surface area contributed by atoms with Gasteiger partial charge in [-0.25, -0.2) is 0 Å². The summed E-state index contributed by atoms with van der Waals surface area (Å²) >= 11 is 5.28. The van der Waals surface area contributed by atoms with Crippen LogP contribution in [0.2, 0.25) is 0 Å². The number of carbonyl (C=O) groups excluding carboxylic acids is 2. The monoisotopic (exact) mass is 461 g/mol. The molecule has 32 heavy (non-hydrogen) atoms. The Bertz CT molecular complexity index is 693. The fourth-order valence-corrected chi connectivity index (χ4v) is 3.71. The highest BCUT2D eigenvalue weighted by atomic mass is 32.1. The van der Waals surface area contributed by atoms with Crippen LogP contribution in [-0.2, 0) is 4.79 Å². The minimum atomic E-state index is -0.155. The van der Waals surface area contributed by atoms with Gasteiger partial charge in [0.25, 0.3) is 5.91 Å². The van der Waals surface area contributed by atoms with Crippen LogP contribution in [0.4, 0.5) is 5.69 Å². The van der Waals surface area contributed by atoms with E-state index < -0.39 is 0 Å². The van der Waals surface area contributed by atoms with Gasteiger partial charge in [-0.3, -0.25) is 9.59 Å². The van der Waals surface area contributed by atoms with Crippen molar-refractivity contribution in [1.82, 2.24) is 10.6 Å². The fourth-order valence-electron chi connectivity index (χ4n) is 3.49. The van der Waals surface area contributed by atoms with Gasteiger partial charge in [-0.1, -0.05) is 90.2 Å². The summed E-state index contributed by atoms with van der Waals surface area (Å²) in [6.45, 7) is 6.24. The van der Waals surface area contributed by atoms with Gasteiger partial charge >= 0.3 is 0 Å². The summed E-state index contributed by atoms with van der Waals surface area (Å²) in [5.74, 6) is -0.238. The van der Waals surface area contributed by atoms with Crippen LogP contribution in [0.3, 0.4) is 0 Å². The molecule has 1 unspecified atom stereocenters. The number of carbonyl (C=O) groups is 2. The highest BCUT2D eigenvalue weighted by Crippen LogP contribution is 2.16. The smallest absolute Gasteiger partial charge is 0.253 e. The molecule has 0 aliphatic heterocycles. The molecule has 1 aromatic rings. The van der Waals surface area contributed by atoms with E-state index in [2.05, 4.69) is 22.9 Å². The lowest BCUT2D eigenvalue weighted by molar-refractivity contribution is -0.119. The molecule has 2 amide bonds. The van der Waals surface area contributed by atoms with Gasteiger partial charge in [-0.15, -0.1) is 0 Å². The summed E-state index contributed by atoms with van der Waals surface area (Å²) in [5.41, 5.74) is 1.10. The molecule has 180 valence electrons. The first-order valence-corrected chi connectivity index (χ1v) is 12.9. The van der Waals surface area contributed by atoms with E-state index in [0.29, 0.717) is 17.7 Å². The highest BCUT2D eigenvalue weighted by Gasteiger charge is 2.14. The second-order valence-electron chi connectivity index (χ2n) is 8.62. The van der Waals surface area contributed by atoms with Crippen molar-refractivity contribution >= 4 is 34.8 Å². The second-order valence-corrected chi connectivity index (χ2v) is 9.02. The summed E-state index contributed by atoms with van der Waals surface area (Å²) in [6, 6.07) is 7.26. The van der Waals surface area contributed by atoms with Crippen LogP contribution < -0.4 is 16.0 Å². The van der Waals surface area contributed by atoms with Crippen LogP contribution >= 0.6 is 12.2 Å². The van der Waals surface area contributed by atoms with Gasteiger partial charge in [0.15, 0.2) is 5.11 Å². The first-order chi connectivity index (χ1) is 15.5. The average molecular weight is 462 g/mol. The molecule has 0 bridgehead atoms. The number of hydrogen-bond acceptors (Lipinski definition) is 3. The number of rotatable bonds is 16. The number of para-hydroxylation sites is 1. The Balaban J connectivity index is 2.23. The summed E-state index contributed by atoms with van der Waals surface area (Å²) in [7, 11) is 0. The number of amides is 2. The minimum Gasteiger partial charge on any atom is -0.350 e. The van der Waals surface area contributed by atoms with Gasteiger partial charge in [0.2, 0.25) is 5.91 Å². The molecule has 0 spiro atoms. The first-order valence-electron chi connectivity index (χ1n) is 12.5. The van der Waals surface area contributed by atoms with Crippen LogP contribution in [0, 0.1) is 0 Å². The molecule has 1 aromatic carbocycles. The van der Waals surface area contributed by atoms with Crippen LogP contribution in [0.1, 0.15) is 115 Å². The standard InChI is InChI=1S/C26H43N3O2S/c1-4-6-7-8-9-10-11-12-13-14-15-20-24(30)29-26(32)28-23-19-17-16-18-22(23)25(31)27-21(3)5-2/h16-19,21H,4-15,20H2,1-3H3,(H,27,31)(H2,28,29,30,32).